The van der Waals surface area contributed by atoms with Gasteiger partial charge in [0.2, 0.25) is 0 Å². The fourth-order valence-corrected chi connectivity index (χ4v) is 3.66. The van der Waals surface area contributed by atoms with Gasteiger partial charge in [-0.1, -0.05) is 26.8 Å². The van der Waals surface area contributed by atoms with Crippen LogP contribution in [0.2, 0.25) is 0 Å². The fraction of sp³-hybridized carbons (Fsp3) is 0.733. The van der Waals surface area contributed by atoms with E-state index in [0.717, 1.165) is 19.4 Å². The molecule has 1 aliphatic carbocycles. The van der Waals surface area contributed by atoms with E-state index in [1.165, 1.54) is 4.88 Å². The molecule has 2 nitrogen and oxygen atoms in total. The van der Waals surface area contributed by atoms with E-state index in [1.54, 1.807) is 0 Å². The zero-order valence-electron chi connectivity index (χ0n) is 11.9. The molecule has 1 aromatic rings. The van der Waals surface area contributed by atoms with Gasteiger partial charge in [0, 0.05) is 29.0 Å². The summed E-state index contributed by atoms with van der Waals surface area (Å²) in [6, 6.07) is 5.44. The molecule has 1 aliphatic rings. The van der Waals surface area contributed by atoms with Crippen molar-refractivity contribution in [2.45, 2.75) is 58.7 Å². The number of ether oxygens (including phenoxy) is 1. The molecule has 102 valence electrons. The van der Waals surface area contributed by atoms with E-state index in [2.05, 4.69) is 50.5 Å². The maximum absolute atomic E-state index is 5.79. The molecule has 1 saturated carbocycles. The van der Waals surface area contributed by atoms with Crippen LogP contribution in [0.1, 0.15) is 51.5 Å². The Kier molecular flexibility index (Phi) is 4.46. The van der Waals surface area contributed by atoms with Crippen LogP contribution in [0.3, 0.4) is 0 Å². The molecule has 0 aliphatic heterocycles. The van der Waals surface area contributed by atoms with Gasteiger partial charge in [0.25, 0.3) is 0 Å². The minimum Gasteiger partial charge on any atom is -0.378 e. The summed E-state index contributed by atoms with van der Waals surface area (Å²) in [6.45, 7) is 9.79. The van der Waals surface area contributed by atoms with Gasteiger partial charge < -0.3 is 10.1 Å². The molecule has 0 amide bonds. The molecule has 1 N–H and O–H groups in total. The van der Waals surface area contributed by atoms with Crippen molar-refractivity contribution in [3.8, 4) is 0 Å². The highest BCUT2D eigenvalue weighted by molar-refractivity contribution is 7.10. The fourth-order valence-electron chi connectivity index (χ4n) is 2.79. The molecule has 0 spiro atoms. The van der Waals surface area contributed by atoms with Gasteiger partial charge in [-0.25, -0.2) is 0 Å². The van der Waals surface area contributed by atoms with Gasteiger partial charge >= 0.3 is 0 Å². The van der Waals surface area contributed by atoms with E-state index in [0.29, 0.717) is 18.2 Å². The number of hydrogen-bond donors (Lipinski definition) is 1. The third-order valence-corrected chi connectivity index (χ3v) is 5.23. The summed E-state index contributed by atoms with van der Waals surface area (Å²) in [6.07, 6.45) is 2.70. The summed E-state index contributed by atoms with van der Waals surface area (Å²) >= 11 is 1.85. The second kappa shape index (κ2) is 5.72. The summed E-state index contributed by atoms with van der Waals surface area (Å²) < 4.78 is 5.79. The van der Waals surface area contributed by atoms with E-state index >= 15 is 0 Å². The number of hydrogen-bond acceptors (Lipinski definition) is 3. The van der Waals surface area contributed by atoms with Crippen LogP contribution < -0.4 is 5.32 Å². The molecule has 0 aromatic carbocycles. The van der Waals surface area contributed by atoms with Gasteiger partial charge in [-0.15, -0.1) is 11.3 Å². The molecular formula is C15H25NOS. The van der Waals surface area contributed by atoms with E-state index in [1.807, 2.05) is 11.3 Å². The first kappa shape index (κ1) is 14.0. The second-order valence-electron chi connectivity index (χ2n) is 5.70. The predicted octanol–water partition coefficient (Wildman–Crippen LogP) is 3.99. The van der Waals surface area contributed by atoms with Crippen molar-refractivity contribution < 1.29 is 4.74 Å². The topological polar surface area (TPSA) is 21.3 Å². The third kappa shape index (κ3) is 2.63. The van der Waals surface area contributed by atoms with Crippen LogP contribution in [0.4, 0.5) is 0 Å². The number of thiophene rings is 1. The largest absolute Gasteiger partial charge is 0.378 e. The first-order chi connectivity index (χ1) is 8.59. The van der Waals surface area contributed by atoms with Crippen LogP contribution in [0.25, 0.3) is 0 Å². The Hall–Kier alpha value is -0.380. The van der Waals surface area contributed by atoms with E-state index in [4.69, 9.17) is 4.74 Å². The van der Waals surface area contributed by atoms with Crippen molar-refractivity contribution in [1.29, 1.82) is 0 Å². The zero-order chi connectivity index (χ0) is 13.2. The van der Waals surface area contributed by atoms with E-state index < -0.39 is 0 Å². The Morgan fingerprint density at radius 3 is 2.78 bits per heavy atom. The summed E-state index contributed by atoms with van der Waals surface area (Å²) in [5.74, 6) is 0. The molecule has 1 heterocycles. The van der Waals surface area contributed by atoms with Gasteiger partial charge in [-0.3, -0.25) is 0 Å². The lowest BCUT2D eigenvalue weighted by atomic mass is 9.64. The summed E-state index contributed by atoms with van der Waals surface area (Å²) in [7, 11) is 0. The molecule has 2 rings (SSSR count). The minimum absolute atomic E-state index is 0.251. The standard InChI is InChI=1S/C15H25NOS/c1-5-11(12-8-7-9-18-12)16-13-10-14(17-6-2)15(13,3)4/h7-9,11,13-14,16H,5-6,10H2,1-4H3. The van der Waals surface area contributed by atoms with Crippen LogP contribution >= 0.6 is 11.3 Å². The van der Waals surface area contributed by atoms with Crippen molar-refractivity contribution in [2.24, 2.45) is 5.41 Å². The van der Waals surface area contributed by atoms with Crippen LogP contribution in [0.5, 0.6) is 0 Å². The van der Waals surface area contributed by atoms with Crippen LogP contribution in [0, 0.1) is 5.41 Å². The molecule has 3 unspecified atom stereocenters. The molecular weight excluding hydrogens is 242 g/mol. The molecule has 0 saturated heterocycles. The van der Waals surface area contributed by atoms with E-state index in [-0.39, 0.29) is 5.41 Å². The third-order valence-electron chi connectivity index (χ3n) is 4.24. The second-order valence-corrected chi connectivity index (χ2v) is 6.68. The normalized spacial score (nSPS) is 27.8. The quantitative estimate of drug-likeness (QED) is 0.841. The van der Waals surface area contributed by atoms with Crippen molar-refractivity contribution in [1.82, 2.24) is 5.32 Å². The predicted molar refractivity (Wildman–Crippen MR) is 78.1 cm³/mol. The van der Waals surface area contributed by atoms with Gasteiger partial charge in [0.15, 0.2) is 0 Å². The van der Waals surface area contributed by atoms with Crippen LogP contribution in [-0.2, 0) is 4.74 Å². The Labute approximate surface area is 115 Å². The average Bonchev–Trinajstić information content (AvgIpc) is 2.86. The maximum atomic E-state index is 5.79. The lowest BCUT2D eigenvalue weighted by Gasteiger charge is -2.52. The molecule has 0 radical (unpaired) electrons. The highest BCUT2D eigenvalue weighted by Gasteiger charge is 2.49. The highest BCUT2D eigenvalue weighted by Crippen LogP contribution is 2.44. The van der Waals surface area contributed by atoms with Crippen LogP contribution in [-0.4, -0.2) is 18.8 Å². The molecule has 3 heteroatoms. The SMILES string of the molecule is CCOC1CC(NC(CC)c2cccs2)C1(C)C. The number of nitrogens with one attached hydrogen (secondary N) is 1. The van der Waals surface area contributed by atoms with Crippen molar-refractivity contribution in [3.05, 3.63) is 22.4 Å². The van der Waals surface area contributed by atoms with E-state index in [9.17, 15) is 0 Å². The summed E-state index contributed by atoms with van der Waals surface area (Å²) in [5, 5.41) is 5.98. The molecule has 1 fully saturated rings. The lowest BCUT2D eigenvalue weighted by Crippen LogP contribution is -2.61. The van der Waals surface area contributed by atoms with Crippen molar-refractivity contribution >= 4 is 11.3 Å². The number of rotatable bonds is 6. The van der Waals surface area contributed by atoms with Crippen molar-refractivity contribution in [3.63, 3.8) is 0 Å². The average molecular weight is 267 g/mol. The van der Waals surface area contributed by atoms with Gasteiger partial charge in [0.1, 0.15) is 0 Å². The first-order valence-electron chi connectivity index (χ1n) is 7.00. The van der Waals surface area contributed by atoms with Gasteiger partial charge in [-0.2, -0.15) is 0 Å². The Bertz CT molecular complexity index is 361. The lowest BCUT2D eigenvalue weighted by molar-refractivity contribution is -0.116. The molecule has 3 atom stereocenters. The Morgan fingerprint density at radius 1 is 1.50 bits per heavy atom. The first-order valence-corrected chi connectivity index (χ1v) is 7.88. The monoisotopic (exact) mass is 267 g/mol. The zero-order valence-corrected chi connectivity index (χ0v) is 12.7. The smallest absolute Gasteiger partial charge is 0.0655 e. The van der Waals surface area contributed by atoms with Crippen molar-refractivity contribution in [2.75, 3.05) is 6.61 Å². The summed E-state index contributed by atoms with van der Waals surface area (Å²) in [5.41, 5.74) is 0.251. The van der Waals surface area contributed by atoms with Gasteiger partial charge in [0.05, 0.1) is 6.10 Å². The maximum Gasteiger partial charge on any atom is 0.0655 e. The van der Waals surface area contributed by atoms with Gasteiger partial charge in [-0.05, 0) is 31.2 Å². The summed E-state index contributed by atoms with van der Waals surface area (Å²) in [4.78, 5) is 1.45. The van der Waals surface area contributed by atoms with Crippen LogP contribution in [0.15, 0.2) is 17.5 Å². The molecule has 0 bridgehead atoms. The highest BCUT2D eigenvalue weighted by atomic mass is 32.1. The Morgan fingerprint density at radius 2 is 2.28 bits per heavy atom. The Balaban J connectivity index is 1.94. The molecule has 1 aromatic heterocycles. The molecule has 18 heavy (non-hydrogen) atoms. The minimum atomic E-state index is 0.251.